The van der Waals surface area contributed by atoms with Crippen LogP contribution < -0.4 is 0 Å². The molecule has 1 aromatic rings. The highest BCUT2D eigenvalue weighted by Crippen LogP contribution is 2.25. The molecule has 1 heterocycles. The minimum atomic E-state index is -3.00. The fourth-order valence-electron chi connectivity index (χ4n) is 0.920. The summed E-state index contributed by atoms with van der Waals surface area (Å²) in [6.45, 7) is 0. The third-order valence-electron chi connectivity index (χ3n) is 1.56. The lowest BCUT2D eigenvalue weighted by atomic mass is 10.1. The molecule has 1 N–H and O–H groups in total. The second kappa shape index (κ2) is 4.31. The number of carbonyl (C=O) groups is 1. The molecule has 0 amide bonds. The van der Waals surface area contributed by atoms with Gasteiger partial charge >= 0.3 is 5.97 Å². The molecule has 0 radical (unpaired) electrons. The van der Waals surface area contributed by atoms with Gasteiger partial charge in [-0.25, -0.2) is 18.6 Å². The average Bonchev–Trinajstić information content (AvgIpc) is 2.16. The largest absolute Gasteiger partial charge is 0.478 e. The van der Waals surface area contributed by atoms with Gasteiger partial charge < -0.3 is 5.11 Å². The number of nitrogens with zero attached hydrogens (tertiary/aromatic N) is 2. The van der Waals surface area contributed by atoms with Gasteiger partial charge in [0.15, 0.2) is 0 Å². The molecule has 1 rings (SSSR count). The standard InChI is InChI=1S/C8H3BrF2N2O2/c9-6-3(2-12)1-4(8(14)15)5(13-6)7(10)11/h1,7H,(H,14,15). The molecule has 0 aliphatic carbocycles. The summed E-state index contributed by atoms with van der Waals surface area (Å²) in [6, 6.07) is 2.50. The molecule has 15 heavy (non-hydrogen) atoms. The van der Waals surface area contributed by atoms with Crippen molar-refractivity contribution < 1.29 is 18.7 Å². The van der Waals surface area contributed by atoms with Crippen molar-refractivity contribution in [3.05, 3.63) is 27.5 Å². The molecular weight excluding hydrogens is 274 g/mol. The summed E-state index contributed by atoms with van der Waals surface area (Å²) in [4.78, 5) is 13.9. The van der Waals surface area contributed by atoms with Crippen molar-refractivity contribution in [3.63, 3.8) is 0 Å². The maximum absolute atomic E-state index is 12.4. The zero-order valence-corrected chi connectivity index (χ0v) is 8.62. The van der Waals surface area contributed by atoms with Gasteiger partial charge in [0, 0.05) is 0 Å². The van der Waals surface area contributed by atoms with Crippen molar-refractivity contribution in [2.24, 2.45) is 0 Å². The number of carboxylic acids is 1. The lowest BCUT2D eigenvalue weighted by molar-refractivity contribution is 0.0682. The van der Waals surface area contributed by atoms with E-state index in [1.54, 1.807) is 6.07 Å². The van der Waals surface area contributed by atoms with E-state index in [0.29, 0.717) is 0 Å². The zero-order chi connectivity index (χ0) is 11.6. The highest BCUT2D eigenvalue weighted by molar-refractivity contribution is 9.10. The molecule has 4 nitrogen and oxygen atoms in total. The van der Waals surface area contributed by atoms with Gasteiger partial charge in [-0.15, -0.1) is 0 Å². The summed E-state index contributed by atoms with van der Waals surface area (Å²) in [6.07, 6.45) is -3.00. The maximum atomic E-state index is 12.4. The summed E-state index contributed by atoms with van der Waals surface area (Å²) >= 11 is 2.80. The van der Waals surface area contributed by atoms with Crippen molar-refractivity contribution >= 4 is 21.9 Å². The van der Waals surface area contributed by atoms with Gasteiger partial charge in [-0.05, 0) is 22.0 Å². The molecule has 7 heteroatoms. The quantitative estimate of drug-likeness (QED) is 0.842. The second-order valence-corrected chi connectivity index (χ2v) is 3.23. The van der Waals surface area contributed by atoms with E-state index in [2.05, 4.69) is 20.9 Å². The first kappa shape index (κ1) is 11.5. The molecule has 0 saturated heterocycles. The molecule has 0 spiro atoms. The number of aromatic carboxylic acids is 1. The maximum Gasteiger partial charge on any atom is 0.337 e. The summed E-state index contributed by atoms with van der Waals surface area (Å²) in [7, 11) is 0. The number of hydrogen-bond acceptors (Lipinski definition) is 3. The van der Waals surface area contributed by atoms with Gasteiger partial charge in [0.05, 0.1) is 11.1 Å². The Morgan fingerprint density at radius 2 is 2.27 bits per heavy atom. The Bertz CT molecular complexity index is 457. The third-order valence-corrected chi connectivity index (χ3v) is 2.17. The van der Waals surface area contributed by atoms with Crippen LogP contribution in [-0.4, -0.2) is 16.1 Å². The smallest absolute Gasteiger partial charge is 0.337 e. The first-order valence-corrected chi connectivity index (χ1v) is 4.38. The van der Waals surface area contributed by atoms with Crippen molar-refractivity contribution in [1.82, 2.24) is 4.98 Å². The van der Waals surface area contributed by atoms with E-state index in [-0.39, 0.29) is 10.2 Å². The number of pyridine rings is 1. The first-order chi connectivity index (χ1) is 6.97. The molecule has 0 aliphatic heterocycles. The Morgan fingerprint density at radius 1 is 1.67 bits per heavy atom. The van der Waals surface area contributed by atoms with Crippen molar-refractivity contribution in [1.29, 1.82) is 5.26 Å². The van der Waals surface area contributed by atoms with Crippen LogP contribution in [0.4, 0.5) is 8.78 Å². The highest BCUT2D eigenvalue weighted by Gasteiger charge is 2.22. The molecular formula is C8H3BrF2N2O2. The van der Waals surface area contributed by atoms with Crippen molar-refractivity contribution in [3.8, 4) is 6.07 Å². The number of halogens is 3. The summed E-state index contributed by atoms with van der Waals surface area (Å²) in [5.74, 6) is -1.54. The molecule has 0 fully saturated rings. The van der Waals surface area contributed by atoms with Crippen LogP contribution in [-0.2, 0) is 0 Å². The van der Waals surface area contributed by atoms with Gasteiger partial charge in [0.1, 0.15) is 16.4 Å². The molecule has 0 aliphatic rings. The monoisotopic (exact) mass is 276 g/mol. The number of aromatic nitrogens is 1. The fourth-order valence-corrected chi connectivity index (χ4v) is 1.31. The molecule has 0 aromatic carbocycles. The normalized spacial score (nSPS) is 10.1. The van der Waals surface area contributed by atoms with Gasteiger partial charge in [-0.3, -0.25) is 0 Å². The Balaban J connectivity index is 3.47. The average molecular weight is 277 g/mol. The van der Waals surface area contributed by atoms with Crippen LogP contribution >= 0.6 is 15.9 Å². The van der Waals surface area contributed by atoms with E-state index >= 15 is 0 Å². The van der Waals surface area contributed by atoms with E-state index in [9.17, 15) is 13.6 Å². The molecule has 0 bridgehead atoms. The van der Waals surface area contributed by atoms with Crippen LogP contribution in [0.3, 0.4) is 0 Å². The molecule has 0 atom stereocenters. The lowest BCUT2D eigenvalue weighted by Crippen LogP contribution is -2.07. The van der Waals surface area contributed by atoms with Crippen molar-refractivity contribution in [2.75, 3.05) is 0 Å². The Labute approximate surface area is 91.3 Å². The first-order valence-electron chi connectivity index (χ1n) is 3.59. The van der Waals surface area contributed by atoms with Gasteiger partial charge in [-0.1, -0.05) is 0 Å². The minimum Gasteiger partial charge on any atom is -0.478 e. The molecule has 0 saturated carbocycles. The predicted octanol–water partition coefficient (Wildman–Crippen LogP) is 2.35. The van der Waals surface area contributed by atoms with Gasteiger partial charge in [-0.2, -0.15) is 5.26 Å². The predicted molar refractivity (Wildman–Crippen MR) is 48.6 cm³/mol. The lowest BCUT2D eigenvalue weighted by Gasteiger charge is -2.05. The van der Waals surface area contributed by atoms with E-state index < -0.39 is 23.7 Å². The van der Waals surface area contributed by atoms with Crippen LogP contribution in [0.15, 0.2) is 10.7 Å². The Kier molecular flexibility index (Phi) is 3.31. The SMILES string of the molecule is N#Cc1cc(C(=O)O)c(C(F)F)nc1Br. The summed E-state index contributed by atoms with van der Waals surface area (Å²) in [5, 5.41) is 17.2. The minimum absolute atomic E-state index is 0.0923. The van der Waals surface area contributed by atoms with Gasteiger partial charge in [0.25, 0.3) is 6.43 Å². The van der Waals surface area contributed by atoms with Crippen LogP contribution in [0, 0.1) is 11.3 Å². The third kappa shape index (κ3) is 2.27. The van der Waals surface area contributed by atoms with E-state index in [0.717, 1.165) is 6.07 Å². The Morgan fingerprint density at radius 3 is 2.67 bits per heavy atom. The zero-order valence-electron chi connectivity index (χ0n) is 7.04. The number of alkyl halides is 2. The number of rotatable bonds is 2. The van der Waals surface area contributed by atoms with Crippen LogP contribution in [0.1, 0.15) is 28.0 Å². The molecule has 1 aromatic heterocycles. The van der Waals surface area contributed by atoms with Crippen LogP contribution in [0.25, 0.3) is 0 Å². The Hall–Kier alpha value is -1.55. The van der Waals surface area contributed by atoms with E-state index in [1.165, 1.54) is 0 Å². The van der Waals surface area contributed by atoms with Crippen LogP contribution in [0.2, 0.25) is 0 Å². The van der Waals surface area contributed by atoms with Gasteiger partial charge in [0.2, 0.25) is 0 Å². The number of hydrogen-bond donors (Lipinski definition) is 1. The molecule has 0 unspecified atom stereocenters. The fraction of sp³-hybridized carbons (Fsp3) is 0.125. The number of carboxylic acid groups (broad SMARTS) is 1. The highest BCUT2D eigenvalue weighted by atomic mass is 79.9. The summed E-state index contributed by atoms with van der Waals surface area (Å²) < 4.78 is 24.7. The molecule has 78 valence electrons. The topological polar surface area (TPSA) is 74.0 Å². The van der Waals surface area contributed by atoms with E-state index in [1.807, 2.05) is 0 Å². The number of nitriles is 1. The van der Waals surface area contributed by atoms with Crippen LogP contribution in [0.5, 0.6) is 0 Å². The second-order valence-electron chi connectivity index (χ2n) is 2.48. The summed E-state index contributed by atoms with van der Waals surface area (Å²) in [5.41, 5.74) is -1.62. The van der Waals surface area contributed by atoms with Crippen molar-refractivity contribution in [2.45, 2.75) is 6.43 Å². The van der Waals surface area contributed by atoms with E-state index in [4.69, 9.17) is 10.4 Å².